The number of phenolic OH excluding ortho intramolecular Hbond substituents is 1. The second-order valence-electron chi connectivity index (χ2n) is 2.43. The van der Waals surface area contributed by atoms with Crippen LogP contribution in [0.25, 0.3) is 0 Å². The van der Waals surface area contributed by atoms with Crippen molar-refractivity contribution < 1.29 is 15.3 Å². The minimum Gasteiger partial charge on any atom is -0.508 e. The molecule has 1 unspecified atom stereocenters. The molecule has 0 heterocycles. The normalized spacial score (nSPS) is 12.0. The molecule has 13 heavy (non-hydrogen) atoms. The van der Waals surface area contributed by atoms with Gasteiger partial charge >= 0.3 is 0 Å². The van der Waals surface area contributed by atoms with Crippen LogP contribution >= 0.6 is 0 Å². The lowest BCUT2D eigenvalue weighted by molar-refractivity contribution is -0.266. The Bertz CT molecular complexity index is 348. The molecule has 0 spiro atoms. The van der Waals surface area contributed by atoms with Crippen molar-refractivity contribution in [2.24, 2.45) is 0 Å². The standard InChI is InChI=1S/C8H6BNO3/c9-7-2-1-5(11)3-6(7)8(4-10)13-12/h1-3,8,11-12H. The molecule has 2 radical (unpaired) electrons. The van der Waals surface area contributed by atoms with Crippen LogP contribution in [-0.4, -0.2) is 18.2 Å². The molecule has 0 saturated carbocycles. The number of aromatic hydroxyl groups is 1. The summed E-state index contributed by atoms with van der Waals surface area (Å²) in [6, 6.07) is 5.74. The van der Waals surface area contributed by atoms with Crippen LogP contribution in [0.3, 0.4) is 0 Å². The van der Waals surface area contributed by atoms with Gasteiger partial charge in [-0.1, -0.05) is 11.5 Å². The third kappa shape index (κ3) is 1.99. The first-order valence-electron chi connectivity index (χ1n) is 3.47. The quantitative estimate of drug-likeness (QED) is 0.383. The van der Waals surface area contributed by atoms with Gasteiger partial charge in [0.25, 0.3) is 0 Å². The molecule has 0 amide bonds. The first-order chi connectivity index (χ1) is 6.19. The number of nitriles is 1. The fraction of sp³-hybridized carbons (Fsp3) is 0.125. The van der Waals surface area contributed by atoms with E-state index in [0.29, 0.717) is 0 Å². The van der Waals surface area contributed by atoms with Crippen LogP contribution in [0, 0.1) is 11.3 Å². The van der Waals surface area contributed by atoms with Crippen LogP contribution in [0.4, 0.5) is 0 Å². The second-order valence-corrected chi connectivity index (χ2v) is 2.43. The highest BCUT2D eigenvalue weighted by molar-refractivity contribution is 6.33. The minimum atomic E-state index is -1.17. The predicted molar refractivity (Wildman–Crippen MR) is 45.6 cm³/mol. The Morgan fingerprint density at radius 3 is 2.77 bits per heavy atom. The summed E-state index contributed by atoms with van der Waals surface area (Å²) in [6.45, 7) is 0. The highest BCUT2D eigenvalue weighted by atomic mass is 17.1. The molecular formula is C8H6BNO3. The highest BCUT2D eigenvalue weighted by Crippen LogP contribution is 2.17. The van der Waals surface area contributed by atoms with Gasteiger partial charge in [-0.05, 0) is 17.7 Å². The van der Waals surface area contributed by atoms with Gasteiger partial charge in [-0.3, -0.25) is 5.26 Å². The van der Waals surface area contributed by atoms with Crippen molar-refractivity contribution in [3.63, 3.8) is 0 Å². The van der Waals surface area contributed by atoms with Gasteiger partial charge < -0.3 is 5.11 Å². The van der Waals surface area contributed by atoms with E-state index in [4.69, 9.17) is 23.5 Å². The first kappa shape index (κ1) is 9.58. The van der Waals surface area contributed by atoms with Crippen molar-refractivity contribution in [2.45, 2.75) is 6.10 Å². The number of rotatable bonds is 2. The van der Waals surface area contributed by atoms with E-state index in [1.165, 1.54) is 18.2 Å². The molecule has 0 saturated heterocycles. The Labute approximate surface area is 76.3 Å². The summed E-state index contributed by atoms with van der Waals surface area (Å²) < 4.78 is 0. The van der Waals surface area contributed by atoms with E-state index < -0.39 is 6.10 Å². The molecule has 1 rings (SSSR count). The van der Waals surface area contributed by atoms with Crippen molar-refractivity contribution in [2.75, 3.05) is 0 Å². The topological polar surface area (TPSA) is 73.5 Å². The fourth-order valence-corrected chi connectivity index (χ4v) is 0.939. The van der Waals surface area contributed by atoms with E-state index in [0.717, 1.165) is 0 Å². The predicted octanol–water partition coefficient (Wildman–Crippen LogP) is 0.240. The van der Waals surface area contributed by atoms with E-state index in [2.05, 4.69) is 4.89 Å². The van der Waals surface area contributed by atoms with E-state index in [-0.39, 0.29) is 16.8 Å². The van der Waals surface area contributed by atoms with Crippen molar-refractivity contribution in [1.29, 1.82) is 5.26 Å². The van der Waals surface area contributed by atoms with Gasteiger partial charge in [-0.25, -0.2) is 4.89 Å². The van der Waals surface area contributed by atoms with Crippen LogP contribution in [0.2, 0.25) is 0 Å². The van der Waals surface area contributed by atoms with Gasteiger partial charge in [0.1, 0.15) is 19.7 Å². The summed E-state index contributed by atoms with van der Waals surface area (Å²) >= 11 is 0. The molecule has 1 aromatic carbocycles. The summed E-state index contributed by atoms with van der Waals surface area (Å²) in [7, 11) is 5.49. The Hall–Kier alpha value is -1.51. The van der Waals surface area contributed by atoms with Gasteiger partial charge in [0, 0.05) is 0 Å². The minimum absolute atomic E-state index is 0.0403. The molecule has 0 aromatic heterocycles. The molecule has 5 heteroatoms. The van der Waals surface area contributed by atoms with E-state index in [1.807, 2.05) is 0 Å². The molecule has 4 nitrogen and oxygen atoms in total. The maximum absolute atomic E-state index is 9.08. The van der Waals surface area contributed by atoms with Gasteiger partial charge in [-0.2, -0.15) is 5.26 Å². The summed E-state index contributed by atoms with van der Waals surface area (Å²) in [5.74, 6) is -0.0403. The largest absolute Gasteiger partial charge is 0.508 e. The average Bonchev–Trinajstić information content (AvgIpc) is 2.13. The SMILES string of the molecule is [B]c1ccc(O)cc1C(C#N)OO. The summed E-state index contributed by atoms with van der Waals surface area (Å²) in [5, 5.41) is 25.9. The lowest BCUT2D eigenvalue weighted by Gasteiger charge is -2.09. The van der Waals surface area contributed by atoms with Crippen molar-refractivity contribution in [3.05, 3.63) is 23.8 Å². The van der Waals surface area contributed by atoms with Crippen LogP contribution in [-0.2, 0) is 4.89 Å². The van der Waals surface area contributed by atoms with E-state index in [9.17, 15) is 0 Å². The van der Waals surface area contributed by atoms with Gasteiger partial charge in [0.05, 0.1) is 0 Å². The van der Waals surface area contributed by atoms with Gasteiger partial charge in [0.2, 0.25) is 6.10 Å². The molecule has 0 aliphatic heterocycles. The number of hydrogen-bond donors (Lipinski definition) is 2. The fourth-order valence-electron chi connectivity index (χ4n) is 0.939. The smallest absolute Gasteiger partial charge is 0.203 e. The molecular weight excluding hydrogens is 169 g/mol. The Morgan fingerprint density at radius 2 is 2.23 bits per heavy atom. The maximum Gasteiger partial charge on any atom is 0.203 e. The Morgan fingerprint density at radius 1 is 1.54 bits per heavy atom. The number of nitrogens with zero attached hydrogens (tertiary/aromatic N) is 1. The third-order valence-electron chi connectivity index (χ3n) is 1.58. The lowest BCUT2D eigenvalue weighted by Crippen LogP contribution is -2.14. The zero-order valence-electron chi connectivity index (χ0n) is 6.64. The molecule has 2 N–H and O–H groups in total. The number of benzene rings is 1. The van der Waals surface area contributed by atoms with Gasteiger partial charge in [0.15, 0.2) is 0 Å². The average molecular weight is 175 g/mol. The summed E-state index contributed by atoms with van der Waals surface area (Å²) in [5.41, 5.74) is 0.517. The van der Waals surface area contributed by atoms with Crippen molar-refractivity contribution in [3.8, 4) is 11.8 Å². The Kier molecular flexibility index (Phi) is 2.90. The van der Waals surface area contributed by atoms with Crippen molar-refractivity contribution in [1.82, 2.24) is 0 Å². The summed E-state index contributed by atoms with van der Waals surface area (Å²) in [4.78, 5) is 3.87. The molecule has 64 valence electrons. The zero-order valence-corrected chi connectivity index (χ0v) is 6.64. The summed E-state index contributed by atoms with van der Waals surface area (Å²) in [6.07, 6.45) is -1.17. The molecule has 0 aliphatic carbocycles. The van der Waals surface area contributed by atoms with Crippen LogP contribution in [0.1, 0.15) is 11.7 Å². The number of hydrogen-bond acceptors (Lipinski definition) is 4. The Balaban J connectivity index is 3.13. The molecule has 0 fully saturated rings. The molecule has 1 atom stereocenters. The lowest BCUT2D eigenvalue weighted by atomic mass is 9.88. The van der Waals surface area contributed by atoms with Gasteiger partial charge in [-0.15, -0.1) is 0 Å². The zero-order chi connectivity index (χ0) is 9.84. The molecule has 1 aromatic rings. The monoisotopic (exact) mass is 175 g/mol. The second kappa shape index (κ2) is 3.94. The van der Waals surface area contributed by atoms with E-state index in [1.54, 1.807) is 6.07 Å². The van der Waals surface area contributed by atoms with Crippen LogP contribution < -0.4 is 5.46 Å². The van der Waals surface area contributed by atoms with Crippen molar-refractivity contribution >= 4 is 13.3 Å². The van der Waals surface area contributed by atoms with Crippen LogP contribution in [0.5, 0.6) is 5.75 Å². The maximum atomic E-state index is 9.08. The molecule has 0 aliphatic rings. The number of phenols is 1. The third-order valence-corrected chi connectivity index (χ3v) is 1.58. The molecule has 0 bridgehead atoms. The van der Waals surface area contributed by atoms with Crippen LogP contribution in [0.15, 0.2) is 18.2 Å². The highest BCUT2D eigenvalue weighted by Gasteiger charge is 2.13. The first-order valence-corrected chi connectivity index (χ1v) is 3.47. The van der Waals surface area contributed by atoms with E-state index >= 15 is 0 Å².